The standard InChI is InChI=1S/C30H32N4O5S.C2HF3O2/c1-22-28(21-40(36,37)27-10-4-23(5-11-27)12-14-34-15-17-38-18-16-34)33-30(39-22)26-8-6-25(7-9-26)29(35)32-20-24-3-2-13-31-19-24;3-2(4,5)1(6)7/h2-11,13,19H,12,14-18,20-21H2,1H3,(H,32,35);(H,6,7). The van der Waals surface area contributed by atoms with Crippen LogP contribution in [0.5, 0.6) is 0 Å². The molecular weight excluding hydrogens is 641 g/mol. The maximum atomic E-state index is 13.1. The van der Waals surface area contributed by atoms with Crippen LogP contribution in [0.4, 0.5) is 13.2 Å². The second-order valence-corrected chi connectivity index (χ2v) is 12.5. The van der Waals surface area contributed by atoms with Crippen molar-refractivity contribution in [2.75, 3.05) is 32.8 Å². The van der Waals surface area contributed by atoms with Crippen LogP contribution in [0.25, 0.3) is 11.5 Å². The summed E-state index contributed by atoms with van der Waals surface area (Å²) in [5.41, 5.74) is 3.52. The van der Waals surface area contributed by atoms with Crippen LogP contribution >= 0.6 is 0 Å². The van der Waals surface area contributed by atoms with Crippen molar-refractivity contribution in [2.45, 2.75) is 36.7 Å². The molecule has 1 saturated heterocycles. The molecule has 0 unspecified atom stereocenters. The fourth-order valence-electron chi connectivity index (χ4n) is 4.48. The summed E-state index contributed by atoms with van der Waals surface area (Å²) in [6.45, 7) is 6.38. The van der Waals surface area contributed by atoms with Crippen molar-refractivity contribution in [3.05, 3.63) is 101 Å². The Hall–Kier alpha value is -4.60. The lowest BCUT2D eigenvalue weighted by atomic mass is 10.1. The molecule has 0 saturated carbocycles. The predicted molar refractivity (Wildman–Crippen MR) is 164 cm³/mol. The number of nitrogens with zero attached hydrogens (tertiary/aromatic N) is 3. The van der Waals surface area contributed by atoms with Crippen LogP contribution in [-0.4, -0.2) is 79.3 Å². The number of nitrogens with one attached hydrogen (secondary N) is 1. The van der Waals surface area contributed by atoms with Gasteiger partial charge < -0.3 is 19.6 Å². The minimum absolute atomic E-state index is 0.210. The molecule has 3 heterocycles. The van der Waals surface area contributed by atoms with Crippen LogP contribution in [0, 0.1) is 6.92 Å². The number of rotatable bonds is 10. The molecule has 2 aromatic heterocycles. The van der Waals surface area contributed by atoms with Gasteiger partial charge in [0.2, 0.25) is 5.89 Å². The molecule has 15 heteroatoms. The molecule has 1 aliphatic heterocycles. The molecular formula is C32H33F3N4O7S. The Morgan fingerprint density at radius 3 is 2.26 bits per heavy atom. The highest BCUT2D eigenvalue weighted by molar-refractivity contribution is 7.90. The van der Waals surface area contributed by atoms with E-state index in [1.807, 2.05) is 24.3 Å². The SMILES string of the molecule is Cc1oc(-c2ccc(C(=O)NCc3cccnc3)cc2)nc1CS(=O)(=O)c1ccc(CCN2CCOCC2)cc1.O=C(O)C(F)(F)F. The van der Waals surface area contributed by atoms with Crippen LogP contribution < -0.4 is 5.32 Å². The first-order valence-electron chi connectivity index (χ1n) is 14.5. The van der Waals surface area contributed by atoms with Crippen LogP contribution in [-0.2, 0) is 38.1 Å². The number of benzene rings is 2. The third-order valence-electron chi connectivity index (χ3n) is 7.13. The summed E-state index contributed by atoms with van der Waals surface area (Å²) in [6, 6.07) is 17.6. The van der Waals surface area contributed by atoms with Gasteiger partial charge in [-0.05, 0) is 66.9 Å². The third kappa shape index (κ3) is 10.5. The number of aryl methyl sites for hydroxylation is 1. The molecule has 1 fully saturated rings. The lowest BCUT2D eigenvalue weighted by molar-refractivity contribution is -0.192. The van der Waals surface area contributed by atoms with E-state index in [1.54, 1.807) is 55.7 Å². The quantitative estimate of drug-likeness (QED) is 0.247. The second kappa shape index (κ2) is 15.8. The Labute approximate surface area is 269 Å². The van der Waals surface area contributed by atoms with E-state index in [2.05, 4.69) is 20.2 Å². The van der Waals surface area contributed by atoms with E-state index < -0.39 is 22.0 Å². The maximum absolute atomic E-state index is 13.1. The molecule has 2 N–H and O–H groups in total. The average Bonchev–Trinajstić information content (AvgIpc) is 3.42. The minimum atomic E-state index is -5.08. The fraction of sp³-hybridized carbons (Fsp3) is 0.312. The monoisotopic (exact) mass is 674 g/mol. The third-order valence-corrected chi connectivity index (χ3v) is 8.78. The average molecular weight is 675 g/mol. The van der Waals surface area contributed by atoms with E-state index >= 15 is 0 Å². The number of hydrogen-bond acceptors (Lipinski definition) is 9. The molecule has 0 radical (unpaired) electrons. The zero-order valence-electron chi connectivity index (χ0n) is 25.4. The zero-order chi connectivity index (χ0) is 34.0. The number of aliphatic carboxylic acids is 1. The van der Waals surface area contributed by atoms with Gasteiger partial charge in [-0.3, -0.25) is 14.7 Å². The molecule has 0 bridgehead atoms. The number of sulfone groups is 1. The van der Waals surface area contributed by atoms with Gasteiger partial charge in [-0.25, -0.2) is 18.2 Å². The first-order chi connectivity index (χ1) is 22.3. The molecule has 250 valence electrons. The lowest BCUT2D eigenvalue weighted by Crippen LogP contribution is -2.37. The van der Waals surface area contributed by atoms with E-state index in [1.165, 1.54) is 0 Å². The van der Waals surface area contributed by atoms with Gasteiger partial charge in [-0.15, -0.1) is 0 Å². The van der Waals surface area contributed by atoms with Crippen LogP contribution in [0.2, 0.25) is 0 Å². The Bertz CT molecular complexity index is 1740. The maximum Gasteiger partial charge on any atom is 0.490 e. The molecule has 5 rings (SSSR count). The summed E-state index contributed by atoms with van der Waals surface area (Å²) in [5, 5.41) is 9.99. The summed E-state index contributed by atoms with van der Waals surface area (Å²) < 4.78 is 69.2. The van der Waals surface area contributed by atoms with E-state index in [0.29, 0.717) is 35.0 Å². The van der Waals surface area contributed by atoms with Gasteiger partial charge in [0.25, 0.3) is 5.91 Å². The van der Waals surface area contributed by atoms with Crippen molar-refractivity contribution >= 4 is 21.7 Å². The molecule has 0 atom stereocenters. The number of halogens is 3. The number of morpholine rings is 1. The number of hydrogen-bond donors (Lipinski definition) is 2. The summed E-state index contributed by atoms with van der Waals surface area (Å²) in [6.07, 6.45) is -0.840. The number of alkyl halides is 3. The topological polar surface area (TPSA) is 152 Å². The van der Waals surface area contributed by atoms with Crippen molar-refractivity contribution < 1.29 is 45.4 Å². The van der Waals surface area contributed by atoms with Gasteiger partial charge >= 0.3 is 12.1 Å². The fourth-order valence-corrected chi connectivity index (χ4v) is 5.82. The van der Waals surface area contributed by atoms with E-state index in [4.69, 9.17) is 19.1 Å². The van der Waals surface area contributed by atoms with E-state index in [9.17, 15) is 26.4 Å². The van der Waals surface area contributed by atoms with Crippen molar-refractivity contribution in [3.8, 4) is 11.5 Å². The summed E-state index contributed by atoms with van der Waals surface area (Å²) in [5.74, 6) is -2.47. The number of pyridine rings is 1. The van der Waals surface area contributed by atoms with Crippen molar-refractivity contribution in [1.82, 2.24) is 20.2 Å². The summed E-state index contributed by atoms with van der Waals surface area (Å²) in [7, 11) is -3.61. The molecule has 1 aliphatic rings. The van der Waals surface area contributed by atoms with Crippen molar-refractivity contribution in [2.24, 2.45) is 0 Å². The normalized spacial score (nSPS) is 13.8. The number of carboxylic acids is 1. The number of carbonyl (C=O) groups excluding carboxylic acids is 1. The molecule has 4 aromatic rings. The zero-order valence-corrected chi connectivity index (χ0v) is 26.2. The van der Waals surface area contributed by atoms with Gasteiger partial charge in [0, 0.05) is 49.7 Å². The van der Waals surface area contributed by atoms with Gasteiger partial charge in [0.15, 0.2) is 9.84 Å². The molecule has 11 nitrogen and oxygen atoms in total. The Morgan fingerprint density at radius 1 is 1.00 bits per heavy atom. The molecule has 2 aromatic carbocycles. The first-order valence-corrected chi connectivity index (χ1v) is 16.1. The number of oxazole rings is 1. The summed E-state index contributed by atoms with van der Waals surface area (Å²) >= 11 is 0. The second-order valence-electron chi connectivity index (χ2n) is 10.6. The highest BCUT2D eigenvalue weighted by Crippen LogP contribution is 2.25. The highest BCUT2D eigenvalue weighted by atomic mass is 32.2. The molecule has 0 spiro atoms. The van der Waals surface area contributed by atoms with Crippen molar-refractivity contribution in [1.29, 1.82) is 0 Å². The minimum Gasteiger partial charge on any atom is -0.475 e. The first kappa shape index (κ1) is 35.3. The molecule has 47 heavy (non-hydrogen) atoms. The summed E-state index contributed by atoms with van der Waals surface area (Å²) in [4.78, 5) is 32.5. The smallest absolute Gasteiger partial charge is 0.475 e. The van der Waals surface area contributed by atoms with Crippen molar-refractivity contribution in [3.63, 3.8) is 0 Å². The van der Waals surface area contributed by atoms with Gasteiger partial charge in [-0.2, -0.15) is 13.2 Å². The number of ether oxygens (including phenoxy) is 1. The number of amides is 1. The Morgan fingerprint density at radius 2 is 1.66 bits per heavy atom. The predicted octanol–water partition coefficient (Wildman–Crippen LogP) is 4.46. The van der Waals surface area contributed by atoms with Crippen LogP contribution in [0.15, 0.2) is 82.4 Å². The van der Waals surface area contributed by atoms with E-state index in [0.717, 1.165) is 50.4 Å². The Balaban J connectivity index is 0.000000644. The van der Waals surface area contributed by atoms with E-state index in [-0.39, 0.29) is 16.6 Å². The van der Waals surface area contributed by atoms with Gasteiger partial charge in [0.1, 0.15) is 11.5 Å². The number of carbonyl (C=O) groups is 2. The largest absolute Gasteiger partial charge is 0.490 e. The van der Waals surface area contributed by atoms with Gasteiger partial charge in [-0.1, -0.05) is 18.2 Å². The number of carboxylic acid groups (broad SMARTS) is 1. The van der Waals surface area contributed by atoms with Crippen LogP contribution in [0.3, 0.4) is 0 Å². The Kier molecular flexibility index (Phi) is 11.9. The number of aromatic nitrogens is 2. The van der Waals surface area contributed by atoms with Crippen LogP contribution in [0.1, 0.15) is 32.9 Å². The molecule has 0 aliphatic carbocycles. The highest BCUT2D eigenvalue weighted by Gasteiger charge is 2.38. The van der Waals surface area contributed by atoms with Gasteiger partial charge in [0.05, 0.1) is 23.8 Å². The molecule has 1 amide bonds. The lowest BCUT2D eigenvalue weighted by Gasteiger charge is -2.26.